The smallest absolute Gasteiger partial charge is 0.191 e. The normalized spacial score (nSPS) is 11.5. The van der Waals surface area contributed by atoms with Crippen LogP contribution in [0.15, 0.2) is 27.7 Å². The van der Waals surface area contributed by atoms with Crippen molar-refractivity contribution in [3.05, 3.63) is 34.1 Å². The molecule has 0 heterocycles. The molecule has 0 saturated carbocycles. The fourth-order valence-electron chi connectivity index (χ4n) is 1.68. The van der Waals surface area contributed by atoms with Crippen molar-refractivity contribution in [1.29, 1.82) is 0 Å². The van der Waals surface area contributed by atoms with Gasteiger partial charge in [-0.05, 0) is 32.4 Å². The monoisotopic (exact) mass is 359 g/mol. The van der Waals surface area contributed by atoms with Gasteiger partial charge in [0.2, 0.25) is 0 Å². The molecule has 21 heavy (non-hydrogen) atoms. The van der Waals surface area contributed by atoms with E-state index < -0.39 is 0 Å². The van der Waals surface area contributed by atoms with Gasteiger partial charge in [0.1, 0.15) is 5.82 Å². The molecule has 2 N–H and O–H groups in total. The highest BCUT2D eigenvalue weighted by Gasteiger charge is 2.03. The molecule has 6 heteroatoms. The Morgan fingerprint density at radius 2 is 2.14 bits per heavy atom. The Morgan fingerprint density at radius 3 is 2.81 bits per heavy atom. The van der Waals surface area contributed by atoms with E-state index >= 15 is 0 Å². The third-order valence-electron chi connectivity index (χ3n) is 2.73. The van der Waals surface area contributed by atoms with Gasteiger partial charge in [-0.25, -0.2) is 9.38 Å². The lowest BCUT2D eigenvalue weighted by atomic mass is 10.2. The van der Waals surface area contributed by atoms with E-state index in [0.717, 1.165) is 37.2 Å². The Bertz CT molecular complexity index is 455. The number of guanidine groups is 1. The molecule has 118 valence electrons. The molecule has 1 aromatic rings. The highest BCUT2D eigenvalue weighted by atomic mass is 79.9. The van der Waals surface area contributed by atoms with Crippen molar-refractivity contribution < 1.29 is 9.13 Å². The summed E-state index contributed by atoms with van der Waals surface area (Å²) in [4.78, 5) is 4.39. The fraction of sp³-hybridized carbons (Fsp3) is 0.533. The highest BCUT2D eigenvalue weighted by Crippen LogP contribution is 2.15. The second kappa shape index (κ2) is 10.6. The number of rotatable bonds is 8. The second-order valence-corrected chi connectivity index (χ2v) is 5.32. The van der Waals surface area contributed by atoms with Crippen LogP contribution in [-0.4, -0.2) is 32.3 Å². The standard InChI is InChI=1S/C15H23BrFN3O/c1-3-18-15(19-8-5-9-21-4-2)20-11-12-6-7-13(16)10-14(12)17/h6-7,10H,3-5,8-9,11H2,1-2H3,(H2,18,19,20). The van der Waals surface area contributed by atoms with Gasteiger partial charge in [0.15, 0.2) is 5.96 Å². The van der Waals surface area contributed by atoms with Gasteiger partial charge in [0.05, 0.1) is 6.54 Å². The number of nitrogens with zero attached hydrogens (tertiary/aromatic N) is 1. The predicted octanol–water partition coefficient (Wildman–Crippen LogP) is 3.07. The molecule has 0 saturated heterocycles. The van der Waals surface area contributed by atoms with Crippen molar-refractivity contribution in [2.24, 2.45) is 4.99 Å². The van der Waals surface area contributed by atoms with E-state index in [0.29, 0.717) is 18.1 Å². The molecule has 4 nitrogen and oxygen atoms in total. The summed E-state index contributed by atoms with van der Waals surface area (Å²) in [6.07, 6.45) is 0.908. The molecule has 1 aromatic carbocycles. The van der Waals surface area contributed by atoms with Crippen LogP contribution in [0.2, 0.25) is 0 Å². The fourth-order valence-corrected chi connectivity index (χ4v) is 2.01. The first-order chi connectivity index (χ1) is 10.2. The van der Waals surface area contributed by atoms with Crippen LogP contribution < -0.4 is 10.6 Å². The maximum atomic E-state index is 13.7. The molecule has 0 aliphatic rings. The minimum atomic E-state index is -0.250. The van der Waals surface area contributed by atoms with Crippen LogP contribution in [0.1, 0.15) is 25.8 Å². The summed E-state index contributed by atoms with van der Waals surface area (Å²) < 4.78 is 19.7. The molecule has 0 bridgehead atoms. The second-order valence-electron chi connectivity index (χ2n) is 4.41. The Hall–Kier alpha value is -1.14. The van der Waals surface area contributed by atoms with Crippen LogP contribution in [0.25, 0.3) is 0 Å². The van der Waals surface area contributed by atoms with Gasteiger partial charge in [-0.15, -0.1) is 0 Å². The number of hydrogen-bond acceptors (Lipinski definition) is 2. The molecular weight excluding hydrogens is 337 g/mol. The molecular formula is C15H23BrFN3O. The van der Waals surface area contributed by atoms with Crippen LogP contribution >= 0.6 is 15.9 Å². The first kappa shape index (κ1) is 17.9. The number of halogens is 2. The molecule has 0 unspecified atom stereocenters. The maximum absolute atomic E-state index is 13.7. The first-order valence-corrected chi connectivity index (χ1v) is 8.00. The average molecular weight is 360 g/mol. The lowest BCUT2D eigenvalue weighted by Crippen LogP contribution is -2.38. The minimum Gasteiger partial charge on any atom is -0.382 e. The lowest BCUT2D eigenvalue weighted by molar-refractivity contribution is 0.145. The Morgan fingerprint density at radius 1 is 1.33 bits per heavy atom. The summed E-state index contributed by atoms with van der Waals surface area (Å²) in [5.74, 6) is 0.441. The van der Waals surface area contributed by atoms with E-state index in [1.54, 1.807) is 6.07 Å². The van der Waals surface area contributed by atoms with Gasteiger partial charge in [-0.2, -0.15) is 0 Å². The third-order valence-corrected chi connectivity index (χ3v) is 3.22. The van der Waals surface area contributed by atoms with Crippen LogP contribution in [0.4, 0.5) is 4.39 Å². The largest absolute Gasteiger partial charge is 0.382 e. The van der Waals surface area contributed by atoms with Gasteiger partial charge in [0, 0.05) is 36.3 Å². The van der Waals surface area contributed by atoms with E-state index in [9.17, 15) is 4.39 Å². The zero-order chi connectivity index (χ0) is 15.5. The summed E-state index contributed by atoms with van der Waals surface area (Å²) in [6, 6.07) is 5.01. The summed E-state index contributed by atoms with van der Waals surface area (Å²) in [6.45, 7) is 7.28. The van der Waals surface area contributed by atoms with Gasteiger partial charge < -0.3 is 15.4 Å². The molecule has 0 aliphatic heterocycles. The molecule has 0 spiro atoms. The zero-order valence-corrected chi connectivity index (χ0v) is 14.2. The quantitative estimate of drug-likeness (QED) is 0.426. The SMILES string of the molecule is CCNC(=NCc1ccc(Br)cc1F)NCCCOCC. The molecule has 1 rings (SSSR count). The van der Waals surface area contributed by atoms with Crippen molar-refractivity contribution >= 4 is 21.9 Å². The topological polar surface area (TPSA) is 45.7 Å². The van der Waals surface area contributed by atoms with Crippen molar-refractivity contribution in [3.63, 3.8) is 0 Å². The average Bonchev–Trinajstić information content (AvgIpc) is 2.46. The molecule has 0 aromatic heterocycles. The summed E-state index contributed by atoms with van der Waals surface area (Å²) >= 11 is 3.24. The Kier molecular flexibility index (Phi) is 9.01. The zero-order valence-electron chi connectivity index (χ0n) is 12.6. The predicted molar refractivity (Wildman–Crippen MR) is 88.0 cm³/mol. The van der Waals surface area contributed by atoms with E-state index in [4.69, 9.17) is 4.74 Å². The lowest BCUT2D eigenvalue weighted by Gasteiger charge is -2.11. The van der Waals surface area contributed by atoms with Crippen molar-refractivity contribution in [2.75, 3.05) is 26.3 Å². The number of hydrogen-bond donors (Lipinski definition) is 2. The van der Waals surface area contributed by atoms with Crippen LogP contribution in [-0.2, 0) is 11.3 Å². The van der Waals surface area contributed by atoms with E-state index in [1.807, 2.05) is 19.9 Å². The van der Waals surface area contributed by atoms with Gasteiger partial charge in [-0.1, -0.05) is 22.0 Å². The molecule has 0 amide bonds. The number of nitrogens with one attached hydrogen (secondary N) is 2. The van der Waals surface area contributed by atoms with Gasteiger partial charge in [0.25, 0.3) is 0 Å². The Balaban J connectivity index is 2.50. The Labute approximate surface area is 134 Å². The van der Waals surface area contributed by atoms with Gasteiger partial charge in [-0.3, -0.25) is 0 Å². The van der Waals surface area contributed by atoms with Crippen LogP contribution in [0.3, 0.4) is 0 Å². The van der Waals surface area contributed by atoms with Gasteiger partial charge >= 0.3 is 0 Å². The molecule has 0 fully saturated rings. The summed E-state index contributed by atoms with van der Waals surface area (Å²) in [5.41, 5.74) is 0.574. The third kappa shape index (κ3) is 7.43. The van der Waals surface area contributed by atoms with Crippen molar-refractivity contribution in [1.82, 2.24) is 10.6 Å². The molecule has 0 aliphatic carbocycles. The van der Waals surface area contributed by atoms with Crippen molar-refractivity contribution in [2.45, 2.75) is 26.8 Å². The van der Waals surface area contributed by atoms with E-state index in [1.165, 1.54) is 6.07 Å². The van der Waals surface area contributed by atoms with Crippen LogP contribution in [0.5, 0.6) is 0 Å². The van der Waals surface area contributed by atoms with E-state index in [2.05, 4.69) is 31.6 Å². The number of aliphatic imine (C=N–C) groups is 1. The van der Waals surface area contributed by atoms with Crippen molar-refractivity contribution in [3.8, 4) is 0 Å². The maximum Gasteiger partial charge on any atom is 0.191 e. The molecule has 0 radical (unpaired) electrons. The van der Waals surface area contributed by atoms with Crippen LogP contribution in [0, 0.1) is 5.82 Å². The number of benzene rings is 1. The molecule has 0 atom stereocenters. The first-order valence-electron chi connectivity index (χ1n) is 7.21. The summed E-state index contributed by atoms with van der Waals surface area (Å²) in [5, 5.41) is 6.35. The minimum absolute atomic E-state index is 0.250. The van der Waals surface area contributed by atoms with E-state index in [-0.39, 0.29) is 5.82 Å². The highest BCUT2D eigenvalue weighted by molar-refractivity contribution is 9.10. The summed E-state index contributed by atoms with van der Waals surface area (Å²) in [7, 11) is 0. The number of ether oxygens (including phenoxy) is 1.